The number of benzene rings is 2. The van der Waals surface area contributed by atoms with Crippen molar-refractivity contribution in [3.63, 3.8) is 0 Å². The molecule has 26 heavy (non-hydrogen) atoms. The van der Waals surface area contributed by atoms with Crippen LogP contribution in [0.4, 0.5) is 5.69 Å². The van der Waals surface area contributed by atoms with Crippen molar-refractivity contribution in [1.82, 2.24) is 0 Å². The molecule has 2 aromatic carbocycles. The van der Waals surface area contributed by atoms with Gasteiger partial charge in [0.1, 0.15) is 0 Å². The molecule has 2 unspecified atom stereocenters. The Morgan fingerprint density at radius 3 is 2.65 bits per heavy atom. The highest BCUT2D eigenvalue weighted by Gasteiger charge is 2.30. The monoisotopic (exact) mass is 349 g/mol. The summed E-state index contributed by atoms with van der Waals surface area (Å²) in [6.07, 6.45) is 2.54. The number of esters is 1. The Morgan fingerprint density at radius 2 is 1.92 bits per heavy atom. The Kier molecular flexibility index (Phi) is 4.09. The van der Waals surface area contributed by atoms with Gasteiger partial charge in [-0.1, -0.05) is 30.3 Å². The lowest BCUT2D eigenvalue weighted by atomic mass is 9.80. The first-order valence-electron chi connectivity index (χ1n) is 8.57. The lowest BCUT2D eigenvalue weighted by Crippen LogP contribution is -2.29. The van der Waals surface area contributed by atoms with Gasteiger partial charge in [-0.25, -0.2) is 4.79 Å². The van der Waals surface area contributed by atoms with E-state index in [0.29, 0.717) is 35.2 Å². The molecular weight excluding hydrogens is 330 g/mol. The van der Waals surface area contributed by atoms with Crippen LogP contribution in [-0.4, -0.2) is 30.2 Å². The maximum absolute atomic E-state index is 12.4. The predicted octanol–water partition coefficient (Wildman–Crippen LogP) is 2.58. The number of aliphatic hydroxyl groups is 1. The van der Waals surface area contributed by atoms with Crippen molar-refractivity contribution in [2.24, 2.45) is 5.92 Å². The summed E-state index contributed by atoms with van der Waals surface area (Å²) >= 11 is 0. The van der Waals surface area contributed by atoms with Crippen LogP contribution in [0, 0.1) is 5.92 Å². The van der Waals surface area contributed by atoms with E-state index in [-0.39, 0.29) is 11.8 Å². The number of rotatable bonds is 2. The first-order valence-corrected chi connectivity index (χ1v) is 8.57. The number of carbonyl (C=O) groups excluding carboxylic acids is 2. The lowest BCUT2D eigenvalue weighted by Gasteiger charge is -2.28. The van der Waals surface area contributed by atoms with Crippen LogP contribution in [0.15, 0.2) is 48.5 Å². The van der Waals surface area contributed by atoms with Gasteiger partial charge in [0.05, 0.1) is 18.8 Å². The highest BCUT2D eigenvalue weighted by atomic mass is 16.5. The molecule has 0 fully saturated rings. The normalized spacial score (nSPS) is 22.5. The predicted molar refractivity (Wildman–Crippen MR) is 97.7 cm³/mol. The van der Waals surface area contributed by atoms with E-state index in [9.17, 15) is 14.7 Å². The van der Waals surface area contributed by atoms with E-state index in [1.807, 2.05) is 24.3 Å². The largest absolute Gasteiger partial charge is 0.465 e. The van der Waals surface area contributed by atoms with Crippen molar-refractivity contribution in [3.8, 4) is 0 Å². The number of fused-ring (bicyclic) bond motifs is 2. The van der Waals surface area contributed by atoms with Crippen molar-refractivity contribution in [2.45, 2.75) is 18.9 Å². The molecule has 0 radical (unpaired) electrons. The Morgan fingerprint density at radius 1 is 1.19 bits per heavy atom. The summed E-state index contributed by atoms with van der Waals surface area (Å²) in [5, 5.41) is 13.4. The Labute approximate surface area is 151 Å². The van der Waals surface area contributed by atoms with Gasteiger partial charge in [0.2, 0.25) is 0 Å². The molecule has 2 atom stereocenters. The van der Waals surface area contributed by atoms with Crippen LogP contribution in [0.5, 0.6) is 0 Å². The zero-order valence-corrected chi connectivity index (χ0v) is 14.4. The van der Waals surface area contributed by atoms with Gasteiger partial charge in [-0.15, -0.1) is 0 Å². The molecule has 1 aliphatic carbocycles. The van der Waals surface area contributed by atoms with Gasteiger partial charge >= 0.3 is 5.97 Å². The standard InChI is InChI=1S/C21H19NO4/c1-26-21(25)14-6-7-18-16(9-14)17(20(24)22-18)10-15-8-12-4-2-3-5-13(12)11-19(15)23/h2-7,9-10,15,19,23H,8,11H2,1H3,(H,22,24). The third kappa shape index (κ3) is 2.80. The first kappa shape index (κ1) is 16.5. The third-order valence-corrected chi connectivity index (χ3v) is 5.10. The number of aliphatic hydroxyl groups excluding tert-OH is 1. The number of anilines is 1. The summed E-state index contributed by atoms with van der Waals surface area (Å²) in [4.78, 5) is 24.2. The van der Waals surface area contributed by atoms with E-state index < -0.39 is 12.1 Å². The van der Waals surface area contributed by atoms with E-state index in [1.165, 1.54) is 12.7 Å². The highest BCUT2D eigenvalue weighted by Crippen LogP contribution is 2.36. The Hall–Kier alpha value is -2.92. The molecule has 5 nitrogen and oxygen atoms in total. The van der Waals surface area contributed by atoms with Crippen molar-refractivity contribution < 1.29 is 19.4 Å². The number of hydrogen-bond acceptors (Lipinski definition) is 4. The zero-order valence-electron chi connectivity index (χ0n) is 14.4. The minimum atomic E-state index is -0.543. The maximum Gasteiger partial charge on any atom is 0.337 e. The average molecular weight is 349 g/mol. The average Bonchev–Trinajstić information content (AvgIpc) is 2.96. The van der Waals surface area contributed by atoms with Crippen LogP contribution < -0.4 is 5.32 Å². The maximum atomic E-state index is 12.4. The van der Waals surface area contributed by atoms with Crippen LogP contribution in [-0.2, 0) is 22.4 Å². The van der Waals surface area contributed by atoms with Crippen LogP contribution in [0.2, 0.25) is 0 Å². The van der Waals surface area contributed by atoms with Gasteiger partial charge in [-0.2, -0.15) is 0 Å². The number of ether oxygens (including phenoxy) is 1. The molecule has 0 saturated carbocycles. The summed E-state index contributed by atoms with van der Waals surface area (Å²) in [5.41, 5.74) is 4.57. The second-order valence-electron chi connectivity index (χ2n) is 6.69. The highest BCUT2D eigenvalue weighted by molar-refractivity contribution is 6.31. The SMILES string of the molecule is COC(=O)c1ccc2c(c1)C(=CC1Cc3ccccc3CC1O)C(=O)N2. The smallest absolute Gasteiger partial charge is 0.337 e. The number of nitrogens with one attached hydrogen (secondary N) is 1. The topological polar surface area (TPSA) is 75.6 Å². The molecule has 0 saturated heterocycles. The third-order valence-electron chi connectivity index (χ3n) is 5.10. The van der Waals surface area contributed by atoms with Crippen molar-refractivity contribution in [1.29, 1.82) is 0 Å². The van der Waals surface area contributed by atoms with Gasteiger partial charge in [-0.3, -0.25) is 4.79 Å². The molecule has 4 rings (SSSR count). The first-order chi connectivity index (χ1) is 12.6. The van der Waals surface area contributed by atoms with Crippen molar-refractivity contribution in [2.75, 3.05) is 12.4 Å². The molecule has 2 aliphatic rings. The van der Waals surface area contributed by atoms with Gasteiger partial charge in [0, 0.05) is 22.7 Å². The molecule has 0 bridgehead atoms. The molecule has 1 aliphatic heterocycles. The van der Waals surface area contributed by atoms with Crippen LogP contribution in [0.25, 0.3) is 5.57 Å². The molecule has 5 heteroatoms. The van der Waals surface area contributed by atoms with Gasteiger partial charge in [0.25, 0.3) is 5.91 Å². The van der Waals surface area contributed by atoms with Crippen molar-refractivity contribution in [3.05, 3.63) is 70.8 Å². The summed E-state index contributed by atoms with van der Waals surface area (Å²) < 4.78 is 4.76. The number of methoxy groups -OCH3 is 1. The van der Waals surface area contributed by atoms with Gasteiger partial charge < -0.3 is 15.2 Å². The van der Waals surface area contributed by atoms with Crippen LogP contribution in [0.1, 0.15) is 27.0 Å². The van der Waals surface area contributed by atoms with Gasteiger partial charge in [-0.05, 0) is 42.2 Å². The summed E-state index contributed by atoms with van der Waals surface area (Å²) in [7, 11) is 1.32. The molecule has 1 heterocycles. The Balaban J connectivity index is 1.70. The van der Waals surface area contributed by atoms with E-state index >= 15 is 0 Å². The quantitative estimate of drug-likeness (QED) is 0.645. The molecule has 2 N–H and O–H groups in total. The number of amides is 1. The second kappa shape index (κ2) is 6.42. The summed E-state index contributed by atoms with van der Waals surface area (Å²) in [6.45, 7) is 0. The van der Waals surface area contributed by atoms with Crippen LogP contribution >= 0.6 is 0 Å². The molecule has 0 spiro atoms. The molecule has 0 aromatic heterocycles. The number of carbonyl (C=O) groups is 2. The van der Waals surface area contributed by atoms with Gasteiger partial charge in [0.15, 0.2) is 0 Å². The van der Waals surface area contributed by atoms with Crippen molar-refractivity contribution >= 4 is 23.1 Å². The second-order valence-corrected chi connectivity index (χ2v) is 6.69. The van der Waals surface area contributed by atoms with E-state index in [0.717, 1.165) is 5.56 Å². The number of hydrogen-bond donors (Lipinski definition) is 2. The lowest BCUT2D eigenvalue weighted by molar-refractivity contribution is -0.110. The fraction of sp³-hybridized carbons (Fsp3) is 0.238. The fourth-order valence-corrected chi connectivity index (χ4v) is 3.70. The molecular formula is C21H19NO4. The van der Waals surface area contributed by atoms with E-state index in [4.69, 9.17) is 4.74 Å². The molecule has 132 valence electrons. The minimum Gasteiger partial charge on any atom is -0.465 e. The Bertz CT molecular complexity index is 931. The zero-order chi connectivity index (χ0) is 18.3. The summed E-state index contributed by atoms with van der Waals surface area (Å²) in [5.74, 6) is -0.815. The van der Waals surface area contributed by atoms with E-state index in [1.54, 1.807) is 18.2 Å². The van der Waals surface area contributed by atoms with Crippen LogP contribution in [0.3, 0.4) is 0 Å². The fourth-order valence-electron chi connectivity index (χ4n) is 3.70. The summed E-state index contributed by atoms with van der Waals surface area (Å²) in [6, 6.07) is 13.0. The van der Waals surface area contributed by atoms with E-state index in [2.05, 4.69) is 11.4 Å². The molecule has 2 aromatic rings. The minimum absolute atomic E-state index is 0.154. The molecule has 1 amide bonds.